The number of piperazine rings is 1. The highest BCUT2D eigenvalue weighted by atomic mass is 16.6. The minimum absolute atomic E-state index is 0.0856. The van der Waals surface area contributed by atoms with Crippen molar-refractivity contribution in [1.82, 2.24) is 0 Å². The standard InChI is InChI=1S/C19H22N4O3/c1-13-4-3-5-16(10-13)22-9-8-21(12-14(22)2)17-7-6-15(19(20)24)11-18(17)23(25)26/h3-7,10-11,14H,8-9,12H2,1-2H3,(H2,20,24)/t14-/m1/s1. The molecule has 2 aromatic rings. The lowest BCUT2D eigenvalue weighted by Gasteiger charge is -2.42. The van der Waals surface area contributed by atoms with Gasteiger partial charge in [0, 0.05) is 43.0 Å². The van der Waals surface area contributed by atoms with Crippen LogP contribution in [0, 0.1) is 17.0 Å². The summed E-state index contributed by atoms with van der Waals surface area (Å²) in [6, 6.07) is 13.0. The Balaban J connectivity index is 1.85. The van der Waals surface area contributed by atoms with Crippen molar-refractivity contribution in [2.24, 2.45) is 5.73 Å². The highest BCUT2D eigenvalue weighted by Gasteiger charge is 2.28. The minimum Gasteiger partial charge on any atom is -0.366 e. The Bertz CT molecular complexity index is 852. The van der Waals surface area contributed by atoms with E-state index >= 15 is 0 Å². The highest BCUT2D eigenvalue weighted by Crippen LogP contribution is 2.32. The number of benzene rings is 2. The number of amides is 1. The first kappa shape index (κ1) is 17.7. The van der Waals surface area contributed by atoms with Crippen LogP contribution in [0.1, 0.15) is 22.8 Å². The molecule has 7 nitrogen and oxygen atoms in total. The Morgan fingerprint density at radius 2 is 2.00 bits per heavy atom. The molecule has 1 amide bonds. The molecule has 2 N–H and O–H groups in total. The normalized spacial score (nSPS) is 17.2. The van der Waals surface area contributed by atoms with Crippen LogP contribution >= 0.6 is 0 Å². The quantitative estimate of drug-likeness (QED) is 0.673. The minimum atomic E-state index is -0.669. The van der Waals surface area contributed by atoms with Gasteiger partial charge in [0.2, 0.25) is 5.91 Å². The first-order chi connectivity index (χ1) is 12.4. The molecular formula is C19H22N4O3. The van der Waals surface area contributed by atoms with Crippen LogP contribution in [0.4, 0.5) is 17.1 Å². The molecule has 0 spiro atoms. The smallest absolute Gasteiger partial charge is 0.293 e. The topological polar surface area (TPSA) is 92.7 Å². The van der Waals surface area contributed by atoms with Gasteiger partial charge in [-0.2, -0.15) is 0 Å². The molecule has 0 radical (unpaired) electrons. The molecule has 1 fully saturated rings. The van der Waals surface area contributed by atoms with E-state index in [1.165, 1.54) is 11.6 Å². The zero-order valence-corrected chi connectivity index (χ0v) is 14.9. The van der Waals surface area contributed by atoms with Gasteiger partial charge in [0.15, 0.2) is 0 Å². The van der Waals surface area contributed by atoms with Gasteiger partial charge in [0.1, 0.15) is 5.69 Å². The van der Waals surface area contributed by atoms with Gasteiger partial charge in [0.05, 0.1) is 4.92 Å². The predicted octanol–water partition coefficient (Wildman–Crippen LogP) is 2.72. The maximum absolute atomic E-state index is 11.5. The van der Waals surface area contributed by atoms with Crippen molar-refractivity contribution in [1.29, 1.82) is 0 Å². The fourth-order valence-electron chi connectivity index (χ4n) is 3.46. The zero-order chi connectivity index (χ0) is 18.8. The Morgan fingerprint density at radius 3 is 2.62 bits per heavy atom. The highest BCUT2D eigenvalue weighted by molar-refractivity contribution is 5.94. The summed E-state index contributed by atoms with van der Waals surface area (Å²) in [7, 11) is 0. The average Bonchev–Trinajstić information content (AvgIpc) is 2.61. The van der Waals surface area contributed by atoms with Crippen molar-refractivity contribution in [3.05, 3.63) is 63.7 Å². The number of nitrogens with zero attached hydrogens (tertiary/aromatic N) is 3. The van der Waals surface area contributed by atoms with Crippen LogP contribution in [0.25, 0.3) is 0 Å². The molecule has 7 heteroatoms. The van der Waals surface area contributed by atoms with Gasteiger partial charge in [-0.3, -0.25) is 14.9 Å². The predicted molar refractivity (Wildman–Crippen MR) is 102 cm³/mol. The number of nitrogens with two attached hydrogens (primary N) is 1. The lowest BCUT2D eigenvalue weighted by atomic mass is 10.1. The van der Waals surface area contributed by atoms with E-state index in [1.54, 1.807) is 12.1 Å². The van der Waals surface area contributed by atoms with Crippen LogP contribution in [0.3, 0.4) is 0 Å². The number of nitro groups is 1. The van der Waals surface area contributed by atoms with Crippen LogP contribution in [0.2, 0.25) is 0 Å². The summed E-state index contributed by atoms with van der Waals surface area (Å²) in [5.41, 5.74) is 8.20. The molecule has 1 heterocycles. The van der Waals surface area contributed by atoms with Gasteiger partial charge in [-0.25, -0.2) is 0 Å². The Morgan fingerprint density at radius 1 is 1.23 bits per heavy atom. The number of carbonyl (C=O) groups excluding carboxylic acids is 1. The Labute approximate surface area is 152 Å². The van der Waals surface area contributed by atoms with Gasteiger partial charge in [-0.1, -0.05) is 12.1 Å². The lowest BCUT2D eigenvalue weighted by Crippen LogP contribution is -2.52. The van der Waals surface area contributed by atoms with Gasteiger partial charge >= 0.3 is 0 Å². The second-order valence-corrected chi connectivity index (χ2v) is 6.65. The van der Waals surface area contributed by atoms with Crippen molar-refractivity contribution in [2.45, 2.75) is 19.9 Å². The second-order valence-electron chi connectivity index (χ2n) is 6.65. The van der Waals surface area contributed by atoms with E-state index in [2.05, 4.69) is 36.9 Å². The number of hydrogen-bond acceptors (Lipinski definition) is 5. The first-order valence-electron chi connectivity index (χ1n) is 8.53. The number of aryl methyl sites for hydroxylation is 1. The first-order valence-corrected chi connectivity index (χ1v) is 8.53. The van der Waals surface area contributed by atoms with E-state index in [1.807, 2.05) is 11.0 Å². The molecule has 0 saturated carbocycles. The van der Waals surface area contributed by atoms with Crippen LogP contribution in [-0.4, -0.2) is 36.5 Å². The Kier molecular flexibility index (Phi) is 4.79. The maximum Gasteiger partial charge on any atom is 0.293 e. The summed E-state index contributed by atoms with van der Waals surface area (Å²) >= 11 is 0. The van der Waals surface area contributed by atoms with Gasteiger partial charge in [-0.05, 0) is 43.7 Å². The molecule has 1 atom stereocenters. The van der Waals surface area contributed by atoms with E-state index in [4.69, 9.17) is 5.73 Å². The molecule has 1 aliphatic heterocycles. The average molecular weight is 354 g/mol. The lowest BCUT2D eigenvalue weighted by molar-refractivity contribution is -0.384. The molecule has 3 rings (SSSR count). The summed E-state index contributed by atoms with van der Waals surface area (Å²) in [4.78, 5) is 26.6. The van der Waals surface area contributed by atoms with Crippen molar-refractivity contribution in [2.75, 3.05) is 29.4 Å². The number of hydrogen-bond donors (Lipinski definition) is 1. The van der Waals surface area contributed by atoms with E-state index in [0.717, 1.165) is 12.2 Å². The van der Waals surface area contributed by atoms with E-state index in [9.17, 15) is 14.9 Å². The molecule has 1 aliphatic rings. The van der Waals surface area contributed by atoms with Crippen molar-refractivity contribution in [3.8, 4) is 0 Å². The molecule has 0 unspecified atom stereocenters. The number of primary amides is 1. The molecule has 136 valence electrons. The SMILES string of the molecule is Cc1cccc(N2CCN(c3ccc(C(N)=O)cc3[N+](=O)[O-])C[C@H]2C)c1. The van der Waals surface area contributed by atoms with Gasteiger partial charge in [-0.15, -0.1) is 0 Å². The third kappa shape index (κ3) is 3.46. The number of rotatable bonds is 4. The summed E-state index contributed by atoms with van der Waals surface area (Å²) in [5.74, 6) is -0.669. The third-order valence-electron chi connectivity index (χ3n) is 4.76. The fourth-order valence-corrected chi connectivity index (χ4v) is 3.46. The van der Waals surface area contributed by atoms with E-state index in [-0.39, 0.29) is 17.3 Å². The van der Waals surface area contributed by atoms with Crippen LogP contribution in [0.5, 0.6) is 0 Å². The number of carbonyl (C=O) groups is 1. The molecular weight excluding hydrogens is 332 g/mol. The Hall–Kier alpha value is -3.09. The van der Waals surface area contributed by atoms with Crippen molar-refractivity contribution >= 4 is 23.0 Å². The fraction of sp³-hybridized carbons (Fsp3) is 0.316. The summed E-state index contributed by atoms with van der Waals surface area (Å²) in [6.07, 6.45) is 0. The molecule has 1 saturated heterocycles. The maximum atomic E-state index is 11.5. The molecule has 2 aromatic carbocycles. The van der Waals surface area contributed by atoms with Crippen LogP contribution in [-0.2, 0) is 0 Å². The monoisotopic (exact) mass is 354 g/mol. The molecule has 0 bridgehead atoms. The number of anilines is 2. The largest absolute Gasteiger partial charge is 0.366 e. The zero-order valence-electron chi connectivity index (χ0n) is 14.9. The van der Waals surface area contributed by atoms with Crippen molar-refractivity contribution in [3.63, 3.8) is 0 Å². The van der Waals surface area contributed by atoms with Gasteiger partial charge < -0.3 is 15.5 Å². The van der Waals surface area contributed by atoms with E-state index in [0.29, 0.717) is 18.8 Å². The number of nitro benzene ring substituents is 1. The van der Waals surface area contributed by atoms with Crippen molar-refractivity contribution < 1.29 is 9.72 Å². The summed E-state index contributed by atoms with van der Waals surface area (Å²) in [5, 5.41) is 11.5. The van der Waals surface area contributed by atoms with Crippen LogP contribution in [0.15, 0.2) is 42.5 Å². The summed E-state index contributed by atoms with van der Waals surface area (Å²) in [6.45, 7) is 6.26. The molecule has 0 aliphatic carbocycles. The van der Waals surface area contributed by atoms with Crippen LogP contribution < -0.4 is 15.5 Å². The van der Waals surface area contributed by atoms with E-state index < -0.39 is 10.8 Å². The second kappa shape index (κ2) is 7.03. The van der Waals surface area contributed by atoms with Gasteiger partial charge in [0.25, 0.3) is 5.69 Å². The third-order valence-corrected chi connectivity index (χ3v) is 4.76. The summed E-state index contributed by atoms with van der Waals surface area (Å²) < 4.78 is 0. The molecule has 0 aromatic heterocycles. The molecule has 26 heavy (non-hydrogen) atoms.